The van der Waals surface area contributed by atoms with Gasteiger partial charge in [0.15, 0.2) is 0 Å². The van der Waals surface area contributed by atoms with Crippen molar-refractivity contribution in [2.45, 2.75) is 19.4 Å². The van der Waals surface area contributed by atoms with E-state index in [1.807, 2.05) is 62.4 Å². The number of carbonyl (C=O) groups excluding carboxylic acids is 1. The van der Waals surface area contributed by atoms with Crippen LogP contribution in [0.25, 0.3) is 0 Å². The summed E-state index contributed by atoms with van der Waals surface area (Å²) in [7, 11) is -0.737. The van der Waals surface area contributed by atoms with E-state index in [1.54, 1.807) is 12.1 Å². The maximum atomic E-state index is 12.3. The summed E-state index contributed by atoms with van der Waals surface area (Å²) < 4.78 is 14.8. The summed E-state index contributed by atoms with van der Waals surface area (Å²) in [6, 6.07) is 18.8. The van der Waals surface area contributed by atoms with Crippen LogP contribution in [0, 0.1) is 0 Å². The van der Waals surface area contributed by atoms with Gasteiger partial charge in [-0.05, 0) is 38.1 Å². The van der Waals surface area contributed by atoms with E-state index in [0.717, 1.165) is 5.56 Å². The number of ether oxygens (including phenoxy) is 1. The highest BCUT2D eigenvalue weighted by Crippen LogP contribution is 2.22. The number of amides is 1. The van der Waals surface area contributed by atoms with Gasteiger partial charge in [0.2, 0.25) is 5.90 Å². The minimum absolute atomic E-state index is 0.234. The Hall–Kier alpha value is -2.27. The second-order valence-electron chi connectivity index (χ2n) is 5.87. The van der Waals surface area contributed by atoms with Crippen LogP contribution in [0.1, 0.15) is 29.8 Å². The van der Waals surface area contributed by atoms with Crippen molar-refractivity contribution >= 4 is 22.7 Å². The molecule has 4 nitrogen and oxygen atoms in total. The first-order chi connectivity index (χ1) is 11.0. The predicted molar refractivity (Wildman–Crippen MR) is 93.6 cm³/mol. The zero-order valence-corrected chi connectivity index (χ0v) is 13.9. The monoisotopic (exact) mass is 326 g/mol. The Morgan fingerprint density at radius 1 is 1.09 bits per heavy atom. The lowest BCUT2D eigenvalue weighted by molar-refractivity contribution is 0.100. The molecule has 0 saturated carbocycles. The molecule has 0 aliphatic carbocycles. The van der Waals surface area contributed by atoms with Crippen LogP contribution >= 0.6 is 0 Å². The molecule has 1 aliphatic rings. The Balaban J connectivity index is 1.94. The third kappa shape index (κ3) is 3.93. The third-order valence-electron chi connectivity index (χ3n) is 3.27. The van der Waals surface area contributed by atoms with Gasteiger partial charge in [-0.1, -0.05) is 36.4 Å². The number of rotatable bonds is 2. The van der Waals surface area contributed by atoms with Crippen LogP contribution in [0.2, 0.25) is 0 Å². The third-order valence-corrected chi connectivity index (χ3v) is 4.97. The van der Waals surface area contributed by atoms with Crippen molar-refractivity contribution < 1.29 is 9.53 Å². The average Bonchev–Trinajstić information content (AvgIpc) is 2.55. The summed E-state index contributed by atoms with van der Waals surface area (Å²) in [6.45, 7) is 3.99. The highest BCUT2D eigenvalue weighted by Gasteiger charge is 2.29. The zero-order chi connectivity index (χ0) is 16.3. The van der Waals surface area contributed by atoms with Gasteiger partial charge in [-0.2, -0.15) is 8.76 Å². The molecule has 2 aromatic rings. The highest BCUT2D eigenvalue weighted by atomic mass is 32.2. The summed E-state index contributed by atoms with van der Waals surface area (Å²) in [5.74, 6) is 0.916. The van der Waals surface area contributed by atoms with E-state index in [9.17, 15) is 4.79 Å². The quantitative estimate of drug-likeness (QED) is 0.843. The van der Waals surface area contributed by atoms with Crippen LogP contribution in [-0.4, -0.2) is 23.2 Å². The van der Waals surface area contributed by atoms with Crippen molar-refractivity contribution in [1.82, 2.24) is 0 Å². The molecule has 118 valence electrons. The SMILES string of the molecule is CC1(C)CS(=NC(=O)c2ccccc2)N=C(c2ccccc2)O1. The van der Waals surface area contributed by atoms with Crippen molar-refractivity contribution in [3.63, 3.8) is 0 Å². The molecule has 1 heterocycles. The van der Waals surface area contributed by atoms with Gasteiger partial charge < -0.3 is 4.74 Å². The maximum Gasteiger partial charge on any atom is 0.284 e. The van der Waals surface area contributed by atoms with E-state index in [0.29, 0.717) is 17.2 Å². The van der Waals surface area contributed by atoms with E-state index >= 15 is 0 Å². The van der Waals surface area contributed by atoms with Crippen LogP contribution in [0.3, 0.4) is 0 Å². The van der Waals surface area contributed by atoms with E-state index in [4.69, 9.17) is 4.74 Å². The Labute approximate surface area is 138 Å². The summed E-state index contributed by atoms with van der Waals surface area (Å²) in [6.07, 6.45) is 0. The highest BCUT2D eigenvalue weighted by molar-refractivity contribution is 7.86. The second-order valence-corrected chi connectivity index (χ2v) is 7.20. The van der Waals surface area contributed by atoms with Gasteiger partial charge in [-0.25, -0.2) is 0 Å². The standard InChI is InChI=1S/C18H18N2O2S/c1-18(2)13-23(19-16(21)14-9-5-3-6-10-14)20-17(22-18)15-11-7-4-8-12-15/h3-12H,13H2,1-2H3. The molecular weight excluding hydrogens is 308 g/mol. The van der Waals surface area contributed by atoms with Gasteiger partial charge in [0.25, 0.3) is 5.91 Å². The molecule has 1 atom stereocenters. The predicted octanol–water partition coefficient (Wildman–Crippen LogP) is 3.80. The van der Waals surface area contributed by atoms with Gasteiger partial charge in [0.05, 0.1) is 5.75 Å². The molecule has 0 fully saturated rings. The lowest BCUT2D eigenvalue weighted by Gasteiger charge is -2.31. The normalized spacial score (nSPS) is 19.7. The average molecular weight is 326 g/mol. The fraction of sp³-hybridized carbons (Fsp3) is 0.222. The minimum Gasteiger partial charge on any atom is -0.470 e. The molecule has 0 spiro atoms. The molecule has 0 aromatic heterocycles. The fourth-order valence-electron chi connectivity index (χ4n) is 2.22. The van der Waals surface area contributed by atoms with Crippen molar-refractivity contribution in [3.8, 4) is 0 Å². The first-order valence-corrected chi connectivity index (χ1v) is 8.70. The van der Waals surface area contributed by atoms with E-state index in [-0.39, 0.29) is 5.91 Å². The Morgan fingerprint density at radius 2 is 1.70 bits per heavy atom. The molecule has 0 radical (unpaired) electrons. The first-order valence-electron chi connectivity index (χ1n) is 7.39. The lowest BCUT2D eigenvalue weighted by Crippen LogP contribution is -2.38. The van der Waals surface area contributed by atoms with Crippen LogP contribution in [0.5, 0.6) is 0 Å². The molecule has 1 aliphatic heterocycles. The van der Waals surface area contributed by atoms with Crippen molar-refractivity contribution in [1.29, 1.82) is 0 Å². The number of hydrogen-bond acceptors (Lipinski definition) is 2. The Kier molecular flexibility index (Phi) is 4.39. The Bertz CT molecular complexity index is 768. The molecule has 1 unspecified atom stereocenters. The molecule has 0 saturated heterocycles. The Morgan fingerprint density at radius 3 is 2.35 bits per heavy atom. The zero-order valence-electron chi connectivity index (χ0n) is 13.1. The van der Waals surface area contributed by atoms with Crippen molar-refractivity contribution in [2.75, 3.05) is 5.75 Å². The number of nitrogens with zero attached hydrogens (tertiary/aromatic N) is 2. The summed E-state index contributed by atoms with van der Waals surface area (Å²) in [5, 5.41) is 0. The van der Waals surface area contributed by atoms with Crippen LogP contribution < -0.4 is 0 Å². The van der Waals surface area contributed by atoms with Gasteiger partial charge in [0.1, 0.15) is 5.60 Å². The number of hydrogen-bond donors (Lipinski definition) is 0. The summed E-state index contributed by atoms with van der Waals surface area (Å²) in [5.41, 5.74) is 1.08. The molecule has 0 bridgehead atoms. The van der Waals surface area contributed by atoms with Crippen molar-refractivity contribution in [2.24, 2.45) is 8.76 Å². The van der Waals surface area contributed by atoms with E-state index in [2.05, 4.69) is 8.76 Å². The molecule has 23 heavy (non-hydrogen) atoms. The molecule has 2 aromatic carbocycles. The van der Waals surface area contributed by atoms with Crippen LogP contribution in [-0.2, 0) is 15.6 Å². The molecular formula is C18H18N2O2S. The van der Waals surface area contributed by atoms with Gasteiger partial charge in [0, 0.05) is 22.0 Å². The van der Waals surface area contributed by atoms with Crippen LogP contribution in [0.4, 0.5) is 0 Å². The van der Waals surface area contributed by atoms with Crippen LogP contribution in [0.15, 0.2) is 69.4 Å². The molecule has 1 amide bonds. The topological polar surface area (TPSA) is 51.0 Å². The minimum atomic E-state index is -0.737. The molecule has 5 heteroatoms. The van der Waals surface area contributed by atoms with Crippen molar-refractivity contribution in [3.05, 3.63) is 71.8 Å². The van der Waals surface area contributed by atoms with E-state index in [1.165, 1.54) is 0 Å². The number of benzene rings is 2. The summed E-state index contributed by atoms with van der Waals surface area (Å²) >= 11 is 0. The van der Waals surface area contributed by atoms with Gasteiger partial charge in [-0.15, -0.1) is 0 Å². The second kappa shape index (κ2) is 6.46. The summed E-state index contributed by atoms with van der Waals surface area (Å²) in [4.78, 5) is 12.3. The van der Waals surface area contributed by atoms with Gasteiger partial charge >= 0.3 is 0 Å². The first kappa shape index (κ1) is 15.6. The number of carbonyl (C=O) groups is 1. The maximum absolute atomic E-state index is 12.3. The van der Waals surface area contributed by atoms with Gasteiger partial charge in [-0.3, -0.25) is 4.79 Å². The molecule has 0 N–H and O–H groups in total. The smallest absolute Gasteiger partial charge is 0.284 e. The lowest BCUT2D eigenvalue weighted by atomic mass is 10.1. The largest absolute Gasteiger partial charge is 0.470 e. The van der Waals surface area contributed by atoms with E-state index < -0.39 is 16.5 Å². The fourth-order valence-corrected chi connectivity index (χ4v) is 3.70. The molecule has 3 rings (SSSR count).